The van der Waals surface area contributed by atoms with Crippen LogP contribution in [0.5, 0.6) is 0 Å². The molecule has 0 aliphatic carbocycles. The number of nitrogens with zero attached hydrogens (tertiary/aromatic N) is 3. The van der Waals surface area contributed by atoms with Crippen LogP contribution >= 0.6 is 0 Å². The highest BCUT2D eigenvalue weighted by atomic mass is 32.2. The van der Waals surface area contributed by atoms with Gasteiger partial charge < -0.3 is 5.32 Å². The molecule has 1 rings (SSSR count). The average Bonchev–Trinajstić information content (AvgIpc) is 2.36. The van der Waals surface area contributed by atoms with Crippen molar-refractivity contribution in [2.24, 2.45) is 7.05 Å². The van der Waals surface area contributed by atoms with Gasteiger partial charge in [0.1, 0.15) is 5.82 Å². The van der Waals surface area contributed by atoms with Crippen molar-refractivity contribution >= 4 is 16.6 Å². The molecule has 12 heavy (non-hydrogen) atoms. The predicted molar refractivity (Wildman–Crippen MR) is 48.4 cm³/mol. The van der Waals surface area contributed by atoms with Gasteiger partial charge >= 0.3 is 0 Å². The average molecular weight is 188 g/mol. The van der Waals surface area contributed by atoms with Crippen LogP contribution in [0.2, 0.25) is 0 Å². The summed E-state index contributed by atoms with van der Waals surface area (Å²) >= 11 is 0. The lowest BCUT2D eigenvalue weighted by Crippen LogP contribution is -2.12. The third-order valence-electron chi connectivity index (χ3n) is 1.41. The standard InChI is InChI=1S/C6H12N4OS/c1-10-6(5-8-9-10)7-3-4-12(2)11/h5,7H,3-4H2,1-2H3. The monoisotopic (exact) mass is 188 g/mol. The topological polar surface area (TPSA) is 59.8 Å². The number of hydrogen-bond acceptors (Lipinski definition) is 4. The van der Waals surface area contributed by atoms with Crippen molar-refractivity contribution in [3.8, 4) is 0 Å². The van der Waals surface area contributed by atoms with E-state index in [4.69, 9.17) is 0 Å². The van der Waals surface area contributed by atoms with E-state index in [9.17, 15) is 4.21 Å². The van der Waals surface area contributed by atoms with Crippen molar-refractivity contribution in [3.63, 3.8) is 0 Å². The molecule has 0 saturated carbocycles. The molecule has 1 N–H and O–H groups in total. The molecule has 1 aromatic heterocycles. The van der Waals surface area contributed by atoms with Crippen molar-refractivity contribution in [3.05, 3.63) is 6.20 Å². The van der Waals surface area contributed by atoms with Gasteiger partial charge in [0.25, 0.3) is 0 Å². The number of nitrogens with one attached hydrogen (secondary N) is 1. The minimum absolute atomic E-state index is 0.644. The SMILES string of the molecule is Cn1nncc1NCCS(C)=O. The molecule has 1 aromatic rings. The van der Waals surface area contributed by atoms with Crippen molar-refractivity contribution < 1.29 is 4.21 Å². The van der Waals surface area contributed by atoms with Crippen LogP contribution in [0.25, 0.3) is 0 Å². The van der Waals surface area contributed by atoms with Crippen molar-refractivity contribution in [2.75, 3.05) is 23.9 Å². The summed E-state index contributed by atoms with van der Waals surface area (Å²) < 4.78 is 12.3. The minimum Gasteiger partial charge on any atom is -0.368 e. The molecular weight excluding hydrogens is 176 g/mol. The number of aryl methyl sites for hydroxylation is 1. The van der Waals surface area contributed by atoms with Crippen LogP contribution in [0.3, 0.4) is 0 Å². The molecule has 68 valence electrons. The van der Waals surface area contributed by atoms with Gasteiger partial charge in [-0.1, -0.05) is 5.21 Å². The van der Waals surface area contributed by atoms with Crippen molar-refractivity contribution in [2.45, 2.75) is 0 Å². The van der Waals surface area contributed by atoms with E-state index in [1.165, 1.54) is 0 Å². The van der Waals surface area contributed by atoms with Gasteiger partial charge in [0, 0.05) is 36.4 Å². The van der Waals surface area contributed by atoms with Gasteiger partial charge in [0.15, 0.2) is 0 Å². The first kappa shape index (κ1) is 9.18. The molecule has 1 unspecified atom stereocenters. The Hall–Kier alpha value is -0.910. The van der Waals surface area contributed by atoms with Crippen LogP contribution in [-0.4, -0.2) is 37.8 Å². The molecule has 0 aliphatic heterocycles. The first-order chi connectivity index (χ1) is 5.70. The lowest BCUT2D eigenvalue weighted by Gasteiger charge is -2.02. The van der Waals surface area contributed by atoms with Crippen LogP contribution in [0.1, 0.15) is 0 Å². The summed E-state index contributed by atoms with van der Waals surface area (Å²) in [6, 6.07) is 0. The zero-order chi connectivity index (χ0) is 8.97. The van der Waals surface area contributed by atoms with Gasteiger partial charge in [0.2, 0.25) is 0 Å². The Kier molecular flexibility index (Phi) is 3.21. The molecule has 1 heterocycles. The lowest BCUT2D eigenvalue weighted by molar-refractivity contribution is 0.686. The van der Waals surface area contributed by atoms with Crippen molar-refractivity contribution in [1.29, 1.82) is 0 Å². The summed E-state index contributed by atoms with van der Waals surface area (Å²) in [5.74, 6) is 1.49. The largest absolute Gasteiger partial charge is 0.368 e. The van der Waals surface area contributed by atoms with Gasteiger partial charge in [0.05, 0.1) is 6.20 Å². The Labute approximate surface area is 73.6 Å². The van der Waals surface area contributed by atoms with Crippen LogP contribution in [0.4, 0.5) is 5.82 Å². The summed E-state index contributed by atoms with van der Waals surface area (Å²) in [5.41, 5.74) is 0. The second-order valence-electron chi connectivity index (χ2n) is 2.45. The summed E-state index contributed by atoms with van der Waals surface area (Å²) in [5, 5.41) is 10.5. The van der Waals surface area contributed by atoms with Gasteiger partial charge in [-0.15, -0.1) is 5.10 Å². The highest BCUT2D eigenvalue weighted by Crippen LogP contribution is 1.98. The zero-order valence-corrected chi connectivity index (χ0v) is 7.97. The summed E-state index contributed by atoms with van der Waals surface area (Å²) in [6.07, 6.45) is 3.32. The highest BCUT2D eigenvalue weighted by molar-refractivity contribution is 7.84. The van der Waals surface area contributed by atoms with Gasteiger partial charge in [-0.2, -0.15) is 0 Å². The van der Waals surface area contributed by atoms with E-state index in [1.54, 1.807) is 24.2 Å². The second kappa shape index (κ2) is 4.20. The molecule has 6 heteroatoms. The first-order valence-corrected chi connectivity index (χ1v) is 5.31. The van der Waals surface area contributed by atoms with E-state index in [0.29, 0.717) is 12.3 Å². The van der Waals surface area contributed by atoms with E-state index in [-0.39, 0.29) is 0 Å². The molecule has 0 amide bonds. The molecule has 1 atom stereocenters. The molecule has 0 aromatic carbocycles. The minimum atomic E-state index is -0.746. The smallest absolute Gasteiger partial charge is 0.144 e. The number of anilines is 1. The number of hydrogen-bond donors (Lipinski definition) is 1. The normalized spacial score (nSPS) is 12.8. The predicted octanol–water partition coefficient (Wildman–Crippen LogP) is -0.395. The van der Waals surface area contributed by atoms with Crippen LogP contribution in [0, 0.1) is 0 Å². The Morgan fingerprint density at radius 3 is 3.00 bits per heavy atom. The summed E-state index contributed by atoms with van der Waals surface area (Å²) in [7, 11) is 1.06. The maximum Gasteiger partial charge on any atom is 0.144 e. The summed E-state index contributed by atoms with van der Waals surface area (Å²) in [6.45, 7) is 0.685. The van der Waals surface area contributed by atoms with Gasteiger partial charge in [-0.05, 0) is 0 Å². The Balaban J connectivity index is 2.33. The Bertz CT molecular complexity index is 272. The van der Waals surface area contributed by atoms with Gasteiger partial charge in [-0.25, -0.2) is 4.68 Å². The molecular formula is C6H12N4OS. The molecule has 0 aliphatic rings. The van der Waals surface area contributed by atoms with Crippen LogP contribution < -0.4 is 5.32 Å². The zero-order valence-electron chi connectivity index (χ0n) is 7.15. The third kappa shape index (κ3) is 2.61. The van der Waals surface area contributed by atoms with E-state index < -0.39 is 10.8 Å². The first-order valence-electron chi connectivity index (χ1n) is 3.58. The number of rotatable bonds is 4. The van der Waals surface area contributed by atoms with E-state index >= 15 is 0 Å². The van der Waals surface area contributed by atoms with E-state index in [0.717, 1.165) is 5.82 Å². The lowest BCUT2D eigenvalue weighted by atomic mass is 10.6. The van der Waals surface area contributed by atoms with Crippen LogP contribution in [0.15, 0.2) is 6.20 Å². The summed E-state index contributed by atoms with van der Waals surface area (Å²) in [4.78, 5) is 0. The van der Waals surface area contributed by atoms with Gasteiger partial charge in [-0.3, -0.25) is 4.21 Å². The Morgan fingerprint density at radius 1 is 1.75 bits per heavy atom. The fraction of sp³-hybridized carbons (Fsp3) is 0.667. The Morgan fingerprint density at radius 2 is 2.50 bits per heavy atom. The van der Waals surface area contributed by atoms with Crippen molar-refractivity contribution in [1.82, 2.24) is 15.0 Å². The molecule has 0 radical (unpaired) electrons. The van der Waals surface area contributed by atoms with E-state index in [2.05, 4.69) is 15.6 Å². The molecule has 5 nitrogen and oxygen atoms in total. The van der Waals surface area contributed by atoms with E-state index in [1.807, 2.05) is 0 Å². The second-order valence-corrected chi connectivity index (χ2v) is 4.00. The maximum atomic E-state index is 10.7. The molecule has 0 saturated heterocycles. The molecule has 0 spiro atoms. The highest BCUT2D eigenvalue weighted by Gasteiger charge is 1.97. The number of aromatic nitrogens is 3. The molecule has 0 fully saturated rings. The fourth-order valence-corrected chi connectivity index (χ4v) is 1.16. The fourth-order valence-electron chi connectivity index (χ4n) is 0.773. The quantitative estimate of drug-likeness (QED) is 0.699. The van der Waals surface area contributed by atoms with Crippen LogP contribution in [-0.2, 0) is 17.8 Å². The molecule has 0 bridgehead atoms. The third-order valence-corrected chi connectivity index (χ3v) is 2.19. The maximum absolute atomic E-state index is 10.7.